The molecule has 0 spiro atoms. The van der Waals surface area contributed by atoms with Crippen LogP contribution in [0.1, 0.15) is 0 Å². The fourth-order valence-electron chi connectivity index (χ4n) is 0.325. The molecule has 0 heterocycles. The Morgan fingerprint density at radius 3 is 2.08 bits per heavy atom. The van der Waals surface area contributed by atoms with Gasteiger partial charge >= 0.3 is 18.1 Å². The maximum Gasteiger partial charge on any atom is 0.430 e. The van der Waals surface area contributed by atoms with Gasteiger partial charge < -0.3 is 4.74 Å². The van der Waals surface area contributed by atoms with E-state index >= 15 is 0 Å². The van der Waals surface area contributed by atoms with E-state index in [1.165, 1.54) is 0 Å². The minimum absolute atomic E-state index is 1.80. The monoisotopic (exact) mass is 206 g/mol. The lowest BCUT2D eigenvalue weighted by atomic mass is 10.4. The van der Waals surface area contributed by atoms with Gasteiger partial charge in [-0.2, -0.15) is 13.2 Å². The van der Waals surface area contributed by atoms with Gasteiger partial charge in [-0.3, -0.25) is 0 Å². The number of esters is 2. The van der Waals surface area contributed by atoms with Gasteiger partial charge in [-0.05, 0) is 0 Å². The number of hydrogen-bond donors (Lipinski definition) is 0. The molecule has 0 fully saturated rings. The molecular formula is C5H3F5O3. The Morgan fingerprint density at radius 2 is 1.77 bits per heavy atom. The van der Waals surface area contributed by atoms with Crippen molar-refractivity contribution in [3.63, 3.8) is 0 Å². The molecule has 1 atom stereocenters. The molecule has 0 rings (SSSR count). The topological polar surface area (TPSA) is 43.4 Å². The minimum Gasteiger partial charge on any atom is -0.389 e. The highest BCUT2D eigenvalue weighted by molar-refractivity contribution is 5.88. The van der Waals surface area contributed by atoms with E-state index in [1.54, 1.807) is 0 Å². The van der Waals surface area contributed by atoms with Crippen molar-refractivity contribution in [3.05, 3.63) is 0 Å². The molecule has 0 aromatic carbocycles. The Balaban J connectivity index is 4.20. The van der Waals surface area contributed by atoms with Crippen molar-refractivity contribution in [3.8, 4) is 0 Å². The summed E-state index contributed by atoms with van der Waals surface area (Å²) in [6, 6.07) is 0. The van der Waals surface area contributed by atoms with E-state index in [2.05, 4.69) is 4.74 Å². The van der Waals surface area contributed by atoms with Crippen LogP contribution in [0.5, 0.6) is 0 Å². The zero-order chi connectivity index (χ0) is 10.6. The second kappa shape index (κ2) is 4.15. The molecule has 0 aliphatic rings. The summed E-state index contributed by atoms with van der Waals surface area (Å²) in [7, 11) is 0. The molecule has 0 radical (unpaired) electrons. The van der Waals surface area contributed by atoms with E-state index in [1.807, 2.05) is 0 Å². The summed E-state index contributed by atoms with van der Waals surface area (Å²) in [4.78, 5) is 20.0. The molecule has 0 N–H and O–H groups in total. The number of halogens is 5. The van der Waals surface area contributed by atoms with Crippen LogP contribution in [0.3, 0.4) is 0 Å². The maximum atomic E-state index is 11.9. The Morgan fingerprint density at radius 1 is 1.31 bits per heavy atom. The first-order chi connectivity index (χ1) is 5.79. The Kier molecular flexibility index (Phi) is 3.76. The van der Waals surface area contributed by atoms with Crippen molar-refractivity contribution in [2.45, 2.75) is 12.3 Å². The van der Waals surface area contributed by atoms with Crippen molar-refractivity contribution >= 4 is 11.9 Å². The molecule has 0 aliphatic heterocycles. The molecule has 0 aromatic heterocycles. The van der Waals surface area contributed by atoms with Crippen molar-refractivity contribution in [2.75, 3.05) is 6.67 Å². The molecular weight excluding hydrogens is 203 g/mol. The van der Waals surface area contributed by atoms with Gasteiger partial charge in [0.2, 0.25) is 0 Å². The first-order valence-electron chi connectivity index (χ1n) is 2.80. The van der Waals surface area contributed by atoms with Crippen LogP contribution in [0.2, 0.25) is 0 Å². The number of hydrogen-bond acceptors (Lipinski definition) is 3. The van der Waals surface area contributed by atoms with E-state index < -0.39 is 31.0 Å². The minimum atomic E-state index is -5.45. The molecule has 3 nitrogen and oxygen atoms in total. The molecule has 0 saturated carbocycles. The zero-order valence-corrected chi connectivity index (χ0v) is 5.90. The highest BCUT2D eigenvalue weighted by Gasteiger charge is 2.47. The lowest BCUT2D eigenvalue weighted by Gasteiger charge is -2.09. The highest BCUT2D eigenvalue weighted by Crippen LogP contribution is 2.23. The van der Waals surface area contributed by atoms with Crippen molar-refractivity contribution < 1.29 is 36.3 Å². The predicted molar refractivity (Wildman–Crippen MR) is 28.0 cm³/mol. The average molecular weight is 206 g/mol. The Labute approximate surface area is 68.5 Å². The first-order valence-corrected chi connectivity index (χ1v) is 2.80. The lowest BCUT2D eigenvalue weighted by molar-refractivity contribution is -0.202. The summed E-state index contributed by atoms with van der Waals surface area (Å²) in [5, 5.41) is 0. The fourth-order valence-corrected chi connectivity index (χ4v) is 0.325. The lowest BCUT2D eigenvalue weighted by Crippen LogP contribution is -2.35. The molecule has 0 saturated heterocycles. The van der Waals surface area contributed by atoms with Crippen LogP contribution in [0, 0.1) is 0 Å². The van der Waals surface area contributed by atoms with Crippen LogP contribution < -0.4 is 0 Å². The van der Waals surface area contributed by atoms with Crippen molar-refractivity contribution in [2.24, 2.45) is 0 Å². The maximum absolute atomic E-state index is 11.9. The van der Waals surface area contributed by atoms with Gasteiger partial charge in [0, 0.05) is 0 Å². The second-order valence-electron chi connectivity index (χ2n) is 1.83. The van der Waals surface area contributed by atoms with Crippen LogP contribution in [0.15, 0.2) is 0 Å². The zero-order valence-electron chi connectivity index (χ0n) is 5.90. The average Bonchev–Trinajstić information content (AvgIpc) is 2.01. The standard InChI is InChI=1S/C5H3F5O3/c6-1-2(11)13-4(12)3(7)5(8,9)10/h3H,1H2. The number of alkyl halides is 5. The van der Waals surface area contributed by atoms with Crippen LogP contribution in [0.4, 0.5) is 22.0 Å². The Hall–Kier alpha value is -1.21. The SMILES string of the molecule is O=C(CF)OC(=O)C(F)C(F)(F)F. The highest BCUT2D eigenvalue weighted by atomic mass is 19.4. The molecule has 0 amide bonds. The van der Waals surface area contributed by atoms with E-state index in [0.29, 0.717) is 0 Å². The molecule has 13 heavy (non-hydrogen) atoms. The predicted octanol–water partition coefficient (Wildman–Crippen LogP) is 0.926. The molecule has 8 heteroatoms. The molecule has 76 valence electrons. The normalized spacial score (nSPS) is 13.6. The van der Waals surface area contributed by atoms with Gasteiger partial charge in [-0.15, -0.1) is 0 Å². The van der Waals surface area contributed by atoms with Gasteiger partial charge in [0.25, 0.3) is 6.17 Å². The van der Waals surface area contributed by atoms with Crippen molar-refractivity contribution in [1.29, 1.82) is 0 Å². The molecule has 1 unspecified atom stereocenters. The number of carbonyl (C=O) groups is 2. The summed E-state index contributed by atoms with van der Waals surface area (Å²) in [5.74, 6) is -4.33. The van der Waals surface area contributed by atoms with Gasteiger partial charge in [0.05, 0.1) is 0 Å². The largest absolute Gasteiger partial charge is 0.430 e. The van der Waals surface area contributed by atoms with Gasteiger partial charge in [-0.25, -0.2) is 18.4 Å². The molecule has 0 aliphatic carbocycles. The number of carbonyl (C=O) groups excluding carboxylic acids is 2. The van der Waals surface area contributed by atoms with Crippen LogP contribution in [-0.2, 0) is 14.3 Å². The van der Waals surface area contributed by atoms with E-state index in [0.717, 1.165) is 0 Å². The van der Waals surface area contributed by atoms with Gasteiger partial charge in [-0.1, -0.05) is 0 Å². The van der Waals surface area contributed by atoms with Crippen molar-refractivity contribution in [1.82, 2.24) is 0 Å². The molecule has 0 bridgehead atoms. The summed E-state index contributed by atoms with van der Waals surface area (Å²) in [5.41, 5.74) is 0. The summed E-state index contributed by atoms with van der Waals surface area (Å²) in [6.07, 6.45) is -9.38. The van der Waals surface area contributed by atoms with E-state index in [9.17, 15) is 31.5 Å². The summed E-state index contributed by atoms with van der Waals surface area (Å²) < 4.78 is 60.5. The second-order valence-corrected chi connectivity index (χ2v) is 1.83. The third-order valence-electron chi connectivity index (χ3n) is 0.818. The Bertz CT molecular complexity index is 211. The third-order valence-corrected chi connectivity index (χ3v) is 0.818. The van der Waals surface area contributed by atoms with E-state index in [-0.39, 0.29) is 0 Å². The van der Waals surface area contributed by atoms with Crippen LogP contribution in [0.25, 0.3) is 0 Å². The van der Waals surface area contributed by atoms with Gasteiger partial charge in [0.1, 0.15) is 0 Å². The summed E-state index contributed by atoms with van der Waals surface area (Å²) >= 11 is 0. The van der Waals surface area contributed by atoms with Crippen LogP contribution in [-0.4, -0.2) is 31.0 Å². The first kappa shape index (κ1) is 11.8. The summed E-state index contributed by atoms with van der Waals surface area (Å²) in [6.45, 7) is -1.80. The quantitative estimate of drug-likeness (QED) is 0.383. The number of rotatable bonds is 2. The third kappa shape index (κ3) is 3.81. The number of ether oxygens (including phenoxy) is 1. The smallest absolute Gasteiger partial charge is 0.389 e. The van der Waals surface area contributed by atoms with Gasteiger partial charge in [0.15, 0.2) is 6.67 Å². The van der Waals surface area contributed by atoms with Crippen LogP contribution >= 0.6 is 0 Å². The van der Waals surface area contributed by atoms with E-state index in [4.69, 9.17) is 0 Å². The fraction of sp³-hybridized carbons (Fsp3) is 0.600. The molecule has 0 aromatic rings.